The van der Waals surface area contributed by atoms with Crippen molar-refractivity contribution in [2.24, 2.45) is 0 Å². The van der Waals surface area contributed by atoms with Crippen LogP contribution in [0.4, 0.5) is 17.6 Å². The van der Waals surface area contributed by atoms with Crippen molar-refractivity contribution >= 4 is 37.8 Å². The summed E-state index contributed by atoms with van der Waals surface area (Å²) in [6.07, 6.45) is 0.778. The quantitative estimate of drug-likeness (QED) is 0.445. The number of hydrogen-bond donors (Lipinski definition) is 4. The van der Waals surface area contributed by atoms with Crippen LogP contribution in [0.3, 0.4) is 0 Å². The van der Waals surface area contributed by atoms with Crippen molar-refractivity contribution in [1.82, 2.24) is 15.0 Å². The summed E-state index contributed by atoms with van der Waals surface area (Å²) in [6, 6.07) is 2.36. The van der Waals surface area contributed by atoms with Crippen LogP contribution in [-0.4, -0.2) is 54.5 Å². The lowest BCUT2D eigenvalue weighted by Crippen LogP contribution is -2.11. The number of ether oxygens (including phenoxy) is 1. The van der Waals surface area contributed by atoms with Gasteiger partial charge in [-0.15, -0.1) is 0 Å². The molecule has 12 nitrogen and oxygen atoms in total. The average molecular weight is 419 g/mol. The normalized spacial score (nSPS) is 11.9. The van der Waals surface area contributed by atoms with Crippen LogP contribution in [0.15, 0.2) is 28.0 Å². The third-order valence-corrected chi connectivity index (χ3v) is 4.87. The first kappa shape index (κ1) is 20.8. The second-order valence-electron chi connectivity index (χ2n) is 5.13. The Kier molecular flexibility index (Phi) is 6.15. The van der Waals surface area contributed by atoms with Crippen molar-refractivity contribution in [2.75, 3.05) is 24.3 Å². The van der Waals surface area contributed by atoms with E-state index in [2.05, 4.69) is 25.6 Å². The summed E-state index contributed by atoms with van der Waals surface area (Å²) in [6.45, 7) is 2.46. The maximum absolute atomic E-state index is 11.5. The van der Waals surface area contributed by atoms with E-state index in [4.69, 9.17) is 9.29 Å². The Labute approximate surface area is 155 Å². The number of benzene rings is 1. The van der Waals surface area contributed by atoms with E-state index in [0.717, 1.165) is 24.6 Å². The number of hydrogen-bond acceptors (Lipinski definition) is 10. The predicted molar refractivity (Wildman–Crippen MR) is 94.5 cm³/mol. The number of anilines is 3. The van der Waals surface area contributed by atoms with Crippen molar-refractivity contribution in [2.45, 2.75) is 23.1 Å². The molecule has 1 aromatic heterocycles. The van der Waals surface area contributed by atoms with Gasteiger partial charge in [-0.25, -0.2) is 0 Å². The molecular formula is C13H17N5O7S2. The Hall–Kier alpha value is -2.55. The molecule has 0 saturated carbocycles. The number of aromatic nitrogens is 3. The number of rotatable bonds is 8. The van der Waals surface area contributed by atoms with Crippen LogP contribution in [0.25, 0.3) is 0 Å². The highest BCUT2D eigenvalue weighted by Gasteiger charge is 2.21. The minimum atomic E-state index is -4.71. The molecule has 0 atom stereocenters. The van der Waals surface area contributed by atoms with Gasteiger partial charge in [0.15, 0.2) is 0 Å². The van der Waals surface area contributed by atoms with E-state index in [0.29, 0.717) is 6.54 Å². The molecule has 0 spiro atoms. The zero-order chi connectivity index (χ0) is 20.2. The van der Waals surface area contributed by atoms with E-state index >= 15 is 0 Å². The Morgan fingerprint density at radius 2 is 1.70 bits per heavy atom. The van der Waals surface area contributed by atoms with E-state index in [9.17, 15) is 21.4 Å². The largest absolute Gasteiger partial charge is 0.467 e. The van der Waals surface area contributed by atoms with Crippen molar-refractivity contribution in [3.8, 4) is 6.01 Å². The van der Waals surface area contributed by atoms with Crippen molar-refractivity contribution in [3.05, 3.63) is 18.2 Å². The Morgan fingerprint density at radius 3 is 2.26 bits per heavy atom. The Bertz CT molecular complexity index is 1040. The molecule has 14 heteroatoms. The maximum Gasteiger partial charge on any atom is 0.322 e. The molecule has 0 radical (unpaired) electrons. The highest BCUT2D eigenvalue weighted by Crippen LogP contribution is 2.27. The molecule has 0 amide bonds. The fourth-order valence-electron chi connectivity index (χ4n) is 1.93. The van der Waals surface area contributed by atoms with Gasteiger partial charge in [-0.05, 0) is 24.6 Å². The molecule has 148 valence electrons. The van der Waals surface area contributed by atoms with Crippen LogP contribution in [0.2, 0.25) is 0 Å². The van der Waals surface area contributed by atoms with Crippen molar-refractivity contribution in [1.29, 1.82) is 0 Å². The molecule has 2 rings (SSSR count). The molecule has 2 aromatic rings. The van der Waals surface area contributed by atoms with E-state index in [1.807, 2.05) is 6.92 Å². The summed E-state index contributed by atoms with van der Waals surface area (Å²) in [5.41, 5.74) is -0.373. The van der Waals surface area contributed by atoms with Gasteiger partial charge in [0, 0.05) is 6.54 Å². The van der Waals surface area contributed by atoms with Crippen LogP contribution in [0, 0.1) is 0 Å². The van der Waals surface area contributed by atoms with Gasteiger partial charge in [-0.3, -0.25) is 9.11 Å². The topological polar surface area (TPSA) is 181 Å². The Balaban J connectivity index is 2.54. The van der Waals surface area contributed by atoms with Gasteiger partial charge in [0.1, 0.15) is 4.90 Å². The number of nitrogens with zero attached hydrogens (tertiary/aromatic N) is 3. The monoisotopic (exact) mass is 419 g/mol. The zero-order valence-electron chi connectivity index (χ0n) is 14.2. The Morgan fingerprint density at radius 1 is 1.04 bits per heavy atom. The van der Waals surface area contributed by atoms with E-state index in [1.165, 1.54) is 7.11 Å². The summed E-state index contributed by atoms with van der Waals surface area (Å²) in [4.78, 5) is 10.6. The number of nitrogens with one attached hydrogen (secondary N) is 2. The molecule has 0 bridgehead atoms. The smallest absolute Gasteiger partial charge is 0.322 e. The van der Waals surface area contributed by atoms with Crippen molar-refractivity contribution < 1.29 is 30.7 Å². The van der Waals surface area contributed by atoms with Crippen LogP contribution >= 0.6 is 0 Å². The summed E-state index contributed by atoms with van der Waals surface area (Å²) in [7, 11) is -8.02. The lowest BCUT2D eigenvalue weighted by molar-refractivity contribution is 0.379. The van der Waals surface area contributed by atoms with Crippen LogP contribution in [-0.2, 0) is 20.2 Å². The van der Waals surface area contributed by atoms with Gasteiger partial charge in [0.05, 0.1) is 17.7 Å². The average Bonchev–Trinajstić information content (AvgIpc) is 2.58. The molecule has 4 N–H and O–H groups in total. The van der Waals surface area contributed by atoms with Gasteiger partial charge in [-0.2, -0.15) is 31.8 Å². The van der Waals surface area contributed by atoms with Gasteiger partial charge in [0.2, 0.25) is 11.9 Å². The first-order valence-corrected chi connectivity index (χ1v) is 10.3. The first-order chi connectivity index (χ1) is 12.5. The SMILES string of the molecule is CCCNc1nc(Nc2cc(S(=O)(=O)O)ccc2S(=O)(=O)O)nc(OC)n1. The lowest BCUT2D eigenvalue weighted by atomic mass is 10.3. The molecule has 0 fully saturated rings. The lowest BCUT2D eigenvalue weighted by Gasteiger charge is -2.12. The summed E-state index contributed by atoms with van der Waals surface area (Å²) in [5.74, 6) is -0.0524. The third kappa shape index (κ3) is 5.46. The predicted octanol–water partition coefficient (Wildman–Crippen LogP) is 0.939. The molecule has 27 heavy (non-hydrogen) atoms. The summed E-state index contributed by atoms with van der Waals surface area (Å²) < 4.78 is 69.2. The molecule has 0 saturated heterocycles. The molecule has 1 aromatic carbocycles. The fourth-order valence-corrected chi connectivity index (χ4v) is 3.07. The van der Waals surface area contributed by atoms with Gasteiger partial charge >= 0.3 is 6.01 Å². The molecule has 0 unspecified atom stereocenters. The van der Waals surface area contributed by atoms with Crippen LogP contribution < -0.4 is 15.4 Å². The first-order valence-electron chi connectivity index (χ1n) is 7.44. The summed E-state index contributed by atoms with van der Waals surface area (Å²) in [5, 5.41) is 5.38. The standard InChI is InChI=1S/C13H17N5O7S2/c1-3-6-14-11-16-12(18-13(17-11)25-2)15-9-7-8(26(19,20)21)4-5-10(9)27(22,23)24/h4-5,7H,3,6H2,1-2H3,(H,19,20,21)(H,22,23,24)(H2,14,15,16,17,18). The second kappa shape index (κ2) is 7.99. The van der Waals surface area contributed by atoms with Crippen molar-refractivity contribution in [3.63, 3.8) is 0 Å². The molecule has 0 aliphatic heterocycles. The van der Waals surface area contributed by atoms with Crippen LogP contribution in [0.5, 0.6) is 6.01 Å². The maximum atomic E-state index is 11.5. The van der Waals surface area contributed by atoms with E-state index in [1.54, 1.807) is 0 Å². The van der Waals surface area contributed by atoms with Gasteiger partial charge < -0.3 is 15.4 Å². The minimum Gasteiger partial charge on any atom is -0.467 e. The second-order valence-corrected chi connectivity index (χ2v) is 7.94. The zero-order valence-corrected chi connectivity index (χ0v) is 15.9. The fraction of sp³-hybridized carbons (Fsp3) is 0.308. The summed E-state index contributed by atoms with van der Waals surface area (Å²) >= 11 is 0. The molecular weight excluding hydrogens is 402 g/mol. The van der Waals surface area contributed by atoms with Crippen LogP contribution in [0.1, 0.15) is 13.3 Å². The van der Waals surface area contributed by atoms with Gasteiger partial charge in [-0.1, -0.05) is 6.92 Å². The highest BCUT2D eigenvalue weighted by atomic mass is 32.2. The van der Waals surface area contributed by atoms with Gasteiger partial charge in [0.25, 0.3) is 20.2 Å². The van der Waals surface area contributed by atoms with E-state index < -0.39 is 30.0 Å². The number of methoxy groups -OCH3 is 1. The third-order valence-electron chi connectivity index (χ3n) is 3.10. The minimum absolute atomic E-state index is 0.0922. The van der Waals surface area contributed by atoms with E-state index in [-0.39, 0.29) is 23.6 Å². The molecule has 1 heterocycles. The highest BCUT2D eigenvalue weighted by molar-refractivity contribution is 7.86. The molecule has 0 aliphatic rings. The molecule has 0 aliphatic carbocycles.